The molecular formula is C32H45NO4. The Morgan fingerprint density at radius 3 is 1.97 bits per heavy atom. The summed E-state index contributed by atoms with van der Waals surface area (Å²) in [5.41, 5.74) is 2.68. The highest BCUT2D eigenvalue weighted by Gasteiger charge is 2.13. The van der Waals surface area contributed by atoms with E-state index >= 15 is 0 Å². The van der Waals surface area contributed by atoms with E-state index in [-0.39, 0.29) is 5.97 Å². The molecule has 0 aliphatic heterocycles. The Balaban J connectivity index is 1.42. The van der Waals surface area contributed by atoms with Crippen LogP contribution in [-0.2, 0) is 4.74 Å². The SMILES string of the molecule is CCCCCCCCCCOc1ccc(-c2nc3cc(C(=O)OCCCCCCCC)ccc3o2)cc1. The Labute approximate surface area is 223 Å². The Morgan fingerprint density at radius 1 is 0.730 bits per heavy atom. The number of rotatable bonds is 19. The molecule has 5 heteroatoms. The fraction of sp³-hybridized carbons (Fsp3) is 0.562. The average molecular weight is 508 g/mol. The number of oxazole rings is 1. The number of hydrogen-bond donors (Lipinski definition) is 0. The number of carbonyl (C=O) groups excluding carboxylic acids is 1. The summed E-state index contributed by atoms with van der Waals surface area (Å²) in [6.07, 6.45) is 17.3. The first-order valence-electron chi connectivity index (χ1n) is 14.5. The van der Waals surface area contributed by atoms with Crippen molar-refractivity contribution in [2.24, 2.45) is 0 Å². The van der Waals surface area contributed by atoms with Gasteiger partial charge in [0.25, 0.3) is 0 Å². The highest BCUT2D eigenvalue weighted by atomic mass is 16.5. The minimum atomic E-state index is -0.307. The van der Waals surface area contributed by atoms with E-state index in [1.165, 1.54) is 70.6 Å². The van der Waals surface area contributed by atoms with Gasteiger partial charge >= 0.3 is 5.97 Å². The third-order valence-electron chi connectivity index (χ3n) is 6.72. The smallest absolute Gasteiger partial charge is 0.338 e. The number of unbranched alkanes of at least 4 members (excludes halogenated alkanes) is 12. The maximum Gasteiger partial charge on any atom is 0.338 e. The molecule has 37 heavy (non-hydrogen) atoms. The third-order valence-corrected chi connectivity index (χ3v) is 6.72. The molecule has 0 N–H and O–H groups in total. The fourth-order valence-corrected chi connectivity index (χ4v) is 4.43. The predicted molar refractivity (Wildman–Crippen MR) is 151 cm³/mol. The monoisotopic (exact) mass is 507 g/mol. The number of ether oxygens (including phenoxy) is 2. The maximum atomic E-state index is 12.4. The van der Waals surface area contributed by atoms with Crippen molar-refractivity contribution < 1.29 is 18.7 Å². The number of benzene rings is 2. The summed E-state index contributed by atoms with van der Waals surface area (Å²) in [4.78, 5) is 17.0. The quantitative estimate of drug-likeness (QED) is 0.119. The van der Waals surface area contributed by atoms with Gasteiger partial charge in [0, 0.05) is 5.56 Å². The van der Waals surface area contributed by atoms with Crippen molar-refractivity contribution in [1.29, 1.82) is 0 Å². The zero-order valence-corrected chi connectivity index (χ0v) is 22.9. The molecule has 0 spiro atoms. The van der Waals surface area contributed by atoms with Crippen molar-refractivity contribution in [3.63, 3.8) is 0 Å². The van der Waals surface area contributed by atoms with Crippen LogP contribution in [0.5, 0.6) is 5.75 Å². The molecule has 0 unspecified atom stereocenters. The van der Waals surface area contributed by atoms with Crippen LogP contribution in [0.2, 0.25) is 0 Å². The molecule has 0 bridgehead atoms. The van der Waals surface area contributed by atoms with Crippen LogP contribution in [0, 0.1) is 0 Å². The van der Waals surface area contributed by atoms with E-state index in [1.807, 2.05) is 24.3 Å². The fourth-order valence-electron chi connectivity index (χ4n) is 4.43. The second kappa shape index (κ2) is 16.8. The van der Waals surface area contributed by atoms with Gasteiger partial charge < -0.3 is 13.9 Å². The molecule has 202 valence electrons. The molecule has 0 aliphatic carbocycles. The molecule has 0 amide bonds. The summed E-state index contributed by atoms with van der Waals surface area (Å²) in [7, 11) is 0. The number of carbonyl (C=O) groups is 1. The summed E-state index contributed by atoms with van der Waals surface area (Å²) in [6.45, 7) is 5.67. The van der Waals surface area contributed by atoms with Crippen molar-refractivity contribution in [1.82, 2.24) is 4.98 Å². The summed E-state index contributed by atoms with van der Waals surface area (Å²) in [5.74, 6) is 1.08. The Kier molecular flexibility index (Phi) is 13.1. The third kappa shape index (κ3) is 10.2. The Hall–Kier alpha value is -2.82. The first kappa shape index (κ1) is 28.7. The van der Waals surface area contributed by atoms with Gasteiger partial charge in [-0.3, -0.25) is 0 Å². The first-order chi connectivity index (χ1) is 18.2. The van der Waals surface area contributed by atoms with Crippen LogP contribution in [0.3, 0.4) is 0 Å². The Bertz CT molecular complexity index is 1040. The van der Waals surface area contributed by atoms with E-state index in [9.17, 15) is 4.79 Å². The minimum Gasteiger partial charge on any atom is -0.494 e. The van der Waals surface area contributed by atoms with Gasteiger partial charge in [-0.15, -0.1) is 0 Å². The summed E-state index contributed by atoms with van der Waals surface area (Å²) >= 11 is 0. The lowest BCUT2D eigenvalue weighted by molar-refractivity contribution is 0.0498. The van der Waals surface area contributed by atoms with Crippen LogP contribution in [0.1, 0.15) is 114 Å². The molecule has 2 aromatic carbocycles. The molecular weight excluding hydrogens is 462 g/mol. The lowest BCUT2D eigenvalue weighted by Crippen LogP contribution is -2.06. The predicted octanol–water partition coefficient (Wildman–Crippen LogP) is 9.53. The van der Waals surface area contributed by atoms with E-state index in [2.05, 4.69) is 18.8 Å². The molecule has 5 nitrogen and oxygen atoms in total. The van der Waals surface area contributed by atoms with Crippen LogP contribution in [-0.4, -0.2) is 24.2 Å². The number of aromatic nitrogens is 1. The van der Waals surface area contributed by atoms with E-state index < -0.39 is 0 Å². The van der Waals surface area contributed by atoms with Gasteiger partial charge in [-0.05, 0) is 55.3 Å². The second-order valence-corrected chi connectivity index (χ2v) is 9.95. The van der Waals surface area contributed by atoms with Crippen molar-refractivity contribution in [2.45, 2.75) is 104 Å². The zero-order chi connectivity index (χ0) is 26.1. The van der Waals surface area contributed by atoms with Crippen molar-refractivity contribution in [3.05, 3.63) is 48.0 Å². The second-order valence-electron chi connectivity index (χ2n) is 9.95. The first-order valence-corrected chi connectivity index (χ1v) is 14.5. The van der Waals surface area contributed by atoms with Gasteiger partial charge in [0.1, 0.15) is 11.3 Å². The van der Waals surface area contributed by atoms with Crippen LogP contribution >= 0.6 is 0 Å². The maximum absolute atomic E-state index is 12.4. The molecule has 0 atom stereocenters. The van der Waals surface area contributed by atoms with Crippen molar-refractivity contribution in [3.8, 4) is 17.2 Å². The lowest BCUT2D eigenvalue weighted by Gasteiger charge is -2.06. The highest BCUT2D eigenvalue weighted by molar-refractivity contribution is 5.93. The summed E-state index contributed by atoms with van der Waals surface area (Å²) < 4.78 is 17.3. The van der Waals surface area contributed by atoms with Gasteiger partial charge in [0.2, 0.25) is 5.89 Å². The van der Waals surface area contributed by atoms with Gasteiger partial charge in [-0.25, -0.2) is 9.78 Å². The van der Waals surface area contributed by atoms with Crippen LogP contribution in [0.4, 0.5) is 0 Å². The highest BCUT2D eigenvalue weighted by Crippen LogP contribution is 2.27. The normalized spacial score (nSPS) is 11.2. The van der Waals surface area contributed by atoms with Gasteiger partial charge in [-0.2, -0.15) is 0 Å². The zero-order valence-electron chi connectivity index (χ0n) is 22.9. The van der Waals surface area contributed by atoms with Crippen molar-refractivity contribution >= 4 is 17.1 Å². The molecule has 3 aromatic rings. The van der Waals surface area contributed by atoms with E-state index in [4.69, 9.17) is 13.9 Å². The van der Waals surface area contributed by atoms with E-state index in [1.54, 1.807) is 18.2 Å². The van der Waals surface area contributed by atoms with Crippen molar-refractivity contribution in [2.75, 3.05) is 13.2 Å². The van der Waals surface area contributed by atoms with E-state index in [0.717, 1.165) is 37.2 Å². The number of fused-ring (bicyclic) bond motifs is 1. The topological polar surface area (TPSA) is 61.6 Å². The molecule has 1 heterocycles. The summed E-state index contributed by atoms with van der Waals surface area (Å²) in [6, 6.07) is 13.1. The van der Waals surface area contributed by atoms with Crippen LogP contribution in [0.25, 0.3) is 22.6 Å². The largest absolute Gasteiger partial charge is 0.494 e. The van der Waals surface area contributed by atoms with Crippen LogP contribution in [0.15, 0.2) is 46.9 Å². The number of hydrogen-bond acceptors (Lipinski definition) is 5. The Morgan fingerprint density at radius 2 is 1.32 bits per heavy atom. The minimum absolute atomic E-state index is 0.307. The van der Waals surface area contributed by atoms with E-state index in [0.29, 0.717) is 29.2 Å². The molecule has 0 saturated heterocycles. The average Bonchev–Trinajstić information content (AvgIpc) is 3.35. The molecule has 3 rings (SSSR count). The standard InChI is InChI=1S/C32H45NO4/c1-3-5-7-9-11-12-14-15-23-35-28-20-17-26(18-21-28)31-33-29-25-27(19-22-30(29)37-31)32(34)36-24-16-13-10-8-6-4-2/h17-22,25H,3-16,23-24H2,1-2H3. The molecule has 1 aromatic heterocycles. The van der Waals surface area contributed by atoms with Gasteiger partial charge in [0.15, 0.2) is 5.58 Å². The molecule has 0 radical (unpaired) electrons. The molecule has 0 aliphatic rings. The molecule has 0 saturated carbocycles. The number of esters is 1. The molecule has 0 fully saturated rings. The summed E-state index contributed by atoms with van der Waals surface area (Å²) in [5, 5.41) is 0. The van der Waals surface area contributed by atoms with Gasteiger partial charge in [-0.1, -0.05) is 90.9 Å². The van der Waals surface area contributed by atoms with Gasteiger partial charge in [0.05, 0.1) is 18.8 Å². The lowest BCUT2D eigenvalue weighted by atomic mass is 10.1. The van der Waals surface area contributed by atoms with Crippen LogP contribution < -0.4 is 4.74 Å². The number of nitrogens with zero attached hydrogens (tertiary/aromatic N) is 1.